The second kappa shape index (κ2) is 3.16. The molecule has 1 saturated carbocycles. The lowest BCUT2D eigenvalue weighted by Gasteiger charge is -2.30. The van der Waals surface area contributed by atoms with E-state index in [0.717, 1.165) is 0 Å². The van der Waals surface area contributed by atoms with Crippen molar-refractivity contribution < 1.29 is 8.78 Å². The first kappa shape index (κ1) is 11.3. The number of hydrogen-bond donors (Lipinski definition) is 0. The summed E-state index contributed by atoms with van der Waals surface area (Å²) in [7, 11) is 0. The van der Waals surface area contributed by atoms with Crippen LogP contribution >= 0.6 is 0 Å². The van der Waals surface area contributed by atoms with Crippen molar-refractivity contribution in [1.82, 2.24) is 4.90 Å². The molecular formula is C12H21F2N. The monoisotopic (exact) mass is 217 g/mol. The molecule has 2 aliphatic rings. The summed E-state index contributed by atoms with van der Waals surface area (Å²) in [6.45, 7) is 9.09. The third kappa shape index (κ3) is 1.59. The van der Waals surface area contributed by atoms with Crippen LogP contribution in [0.2, 0.25) is 0 Å². The third-order valence-corrected chi connectivity index (χ3v) is 4.16. The van der Waals surface area contributed by atoms with Crippen molar-refractivity contribution in [2.24, 2.45) is 11.3 Å². The van der Waals surface area contributed by atoms with E-state index in [1.165, 1.54) is 0 Å². The summed E-state index contributed by atoms with van der Waals surface area (Å²) in [5.41, 5.74) is -0.661. The molecule has 0 amide bonds. The Balaban J connectivity index is 2.14. The van der Waals surface area contributed by atoms with E-state index in [1.807, 2.05) is 0 Å². The van der Waals surface area contributed by atoms with Crippen LogP contribution in [0.1, 0.15) is 40.5 Å². The first-order valence-corrected chi connectivity index (χ1v) is 5.93. The van der Waals surface area contributed by atoms with Gasteiger partial charge in [-0.2, -0.15) is 0 Å². The van der Waals surface area contributed by atoms with Gasteiger partial charge < -0.3 is 0 Å². The van der Waals surface area contributed by atoms with E-state index in [0.29, 0.717) is 31.0 Å². The van der Waals surface area contributed by atoms with Crippen molar-refractivity contribution in [3.63, 3.8) is 0 Å². The molecule has 1 heterocycles. The fourth-order valence-corrected chi connectivity index (χ4v) is 3.01. The summed E-state index contributed by atoms with van der Waals surface area (Å²) < 4.78 is 26.7. The van der Waals surface area contributed by atoms with Gasteiger partial charge in [0.05, 0.1) is 5.41 Å². The van der Waals surface area contributed by atoms with E-state index >= 15 is 0 Å². The van der Waals surface area contributed by atoms with Gasteiger partial charge in [-0.25, -0.2) is 8.78 Å². The Kier molecular flexibility index (Phi) is 2.38. The zero-order valence-electron chi connectivity index (χ0n) is 10.1. The molecule has 1 saturated heterocycles. The SMILES string of the molecule is CC(C)[C@@H]1CC2(CN1C(C)C)CC2(F)F. The van der Waals surface area contributed by atoms with Crippen molar-refractivity contribution in [3.05, 3.63) is 0 Å². The fraction of sp³-hybridized carbons (Fsp3) is 1.00. The van der Waals surface area contributed by atoms with Crippen LogP contribution in [-0.4, -0.2) is 29.5 Å². The predicted octanol–water partition coefficient (Wildman–Crippen LogP) is 3.15. The Morgan fingerprint density at radius 1 is 1.20 bits per heavy atom. The van der Waals surface area contributed by atoms with Crippen LogP contribution in [0, 0.1) is 11.3 Å². The highest BCUT2D eigenvalue weighted by atomic mass is 19.3. The van der Waals surface area contributed by atoms with Crippen LogP contribution in [0.25, 0.3) is 0 Å². The average Bonchev–Trinajstić information content (AvgIpc) is 2.48. The quantitative estimate of drug-likeness (QED) is 0.686. The molecule has 2 fully saturated rings. The highest BCUT2D eigenvalue weighted by Gasteiger charge is 2.74. The van der Waals surface area contributed by atoms with Crippen LogP contribution in [0.5, 0.6) is 0 Å². The maximum absolute atomic E-state index is 13.3. The molecule has 2 rings (SSSR count). The van der Waals surface area contributed by atoms with Gasteiger partial charge in [-0.15, -0.1) is 0 Å². The lowest BCUT2D eigenvalue weighted by atomic mass is 9.95. The molecule has 0 bridgehead atoms. The zero-order valence-corrected chi connectivity index (χ0v) is 10.1. The molecule has 0 aromatic carbocycles. The van der Waals surface area contributed by atoms with Gasteiger partial charge in [-0.3, -0.25) is 4.90 Å². The number of hydrogen-bond acceptors (Lipinski definition) is 1. The Morgan fingerprint density at radius 3 is 2.00 bits per heavy atom. The number of rotatable bonds is 2. The minimum absolute atomic E-state index is 0.118. The molecule has 1 aliphatic heterocycles. The van der Waals surface area contributed by atoms with E-state index in [2.05, 4.69) is 32.6 Å². The van der Waals surface area contributed by atoms with Crippen LogP contribution in [0.4, 0.5) is 8.78 Å². The second-order valence-corrected chi connectivity index (χ2v) is 5.94. The van der Waals surface area contributed by atoms with Crippen molar-refractivity contribution in [1.29, 1.82) is 0 Å². The molecule has 1 nitrogen and oxygen atoms in total. The molecule has 88 valence electrons. The lowest BCUT2D eigenvalue weighted by Crippen LogP contribution is -2.38. The first-order chi connectivity index (χ1) is 6.79. The normalized spacial score (nSPS) is 39.6. The molecule has 0 radical (unpaired) electrons. The van der Waals surface area contributed by atoms with Gasteiger partial charge in [0.2, 0.25) is 0 Å². The first-order valence-electron chi connectivity index (χ1n) is 5.93. The highest BCUT2D eigenvalue weighted by molar-refractivity contribution is 5.17. The molecule has 2 atom stereocenters. The molecular weight excluding hydrogens is 196 g/mol. The van der Waals surface area contributed by atoms with Crippen LogP contribution in [-0.2, 0) is 0 Å². The second-order valence-electron chi connectivity index (χ2n) is 5.94. The summed E-state index contributed by atoms with van der Waals surface area (Å²) in [6.07, 6.45) is 0.808. The smallest absolute Gasteiger partial charge is 0.255 e. The van der Waals surface area contributed by atoms with Crippen LogP contribution in [0.3, 0.4) is 0 Å². The lowest BCUT2D eigenvalue weighted by molar-refractivity contribution is 0.0649. The van der Waals surface area contributed by atoms with Gasteiger partial charge in [0.25, 0.3) is 5.92 Å². The maximum Gasteiger partial charge on any atom is 0.255 e. The van der Waals surface area contributed by atoms with Crippen molar-refractivity contribution >= 4 is 0 Å². The van der Waals surface area contributed by atoms with Gasteiger partial charge in [0.1, 0.15) is 0 Å². The standard InChI is InChI=1S/C12H21F2N/c1-8(2)10-5-11(6-12(11,13)14)7-15(10)9(3)4/h8-10H,5-7H2,1-4H3/t10-,11?/m0/s1. The summed E-state index contributed by atoms with van der Waals surface area (Å²) in [4.78, 5) is 2.27. The molecule has 1 aliphatic carbocycles. The van der Waals surface area contributed by atoms with E-state index in [4.69, 9.17) is 0 Å². The van der Waals surface area contributed by atoms with Crippen molar-refractivity contribution in [2.75, 3.05) is 6.54 Å². The summed E-state index contributed by atoms with van der Waals surface area (Å²) in [6, 6.07) is 0.728. The summed E-state index contributed by atoms with van der Waals surface area (Å²) in [5.74, 6) is -1.91. The number of nitrogens with zero attached hydrogens (tertiary/aromatic N) is 1. The Bertz CT molecular complexity index is 244. The molecule has 1 spiro atoms. The van der Waals surface area contributed by atoms with E-state index < -0.39 is 11.3 Å². The van der Waals surface area contributed by atoms with Gasteiger partial charge in [-0.05, 0) is 26.2 Å². The van der Waals surface area contributed by atoms with Gasteiger partial charge in [0, 0.05) is 25.0 Å². The van der Waals surface area contributed by atoms with E-state index in [1.54, 1.807) is 0 Å². The highest BCUT2D eigenvalue weighted by Crippen LogP contribution is 2.66. The summed E-state index contributed by atoms with van der Waals surface area (Å²) >= 11 is 0. The van der Waals surface area contributed by atoms with Crippen molar-refractivity contribution in [2.45, 2.75) is 58.5 Å². The third-order valence-electron chi connectivity index (χ3n) is 4.16. The summed E-state index contributed by atoms with van der Waals surface area (Å²) in [5, 5.41) is 0. The van der Waals surface area contributed by atoms with Gasteiger partial charge >= 0.3 is 0 Å². The Morgan fingerprint density at radius 2 is 1.73 bits per heavy atom. The topological polar surface area (TPSA) is 3.24 Å². The minimum Gasteiger partial charge on any atom is -0.297 e. The maximum atomic E-state index is 13.3. The Hall–Kier alpha value is -0.180. The van der Waals surface area contributed by atoms with E-state index in [9.17, 15) is 8.78 Å². The predicted molar refractivity (Wildman–Crippen MR) is 57.1 cm³/mol. The number of alkyl halides is 2. The fourth-order valence-electron chi connectivity index (χ4n) is 3.01. The van der Waals surface area contributed by atoms with Crippen LogP contribution in [0.15, 0.2) is 0 Å². The molecule has 15 heavy (non-hydrogen) atoms. The minimum atomic E-state index is -2.39. The average molecular weight is 217 g/mol. The van der Waals surface area contributed by atoms with Crippen LogP contribution < -0.4 is 0 Å². The zero-order chi connectivity index (χ0) is 11.4. The van der Waals surface area contributed by atoms with Gasteiger partial charge in [-0.1, -0.05) is 13.8 Å². The molecule has 0 aromatic rings. The largest absolute Gasteiger partial charge is 0.297 e. The number of likely N-dealkylation sites (tertiary alicyclic amines) is 1. The number of halogens is 2. The van der Waals surface area contributed by atoms with Crippen molar-refractivity contribution in [3.8, 4) is 0 Å². The molecule has 1 unspecified atom stereocenters. The van der Waals surface area contributed by atoms with E-state index in [-0.39, 0.29) is 6.42 Å². The molecule has 0 aromatic heterocycles. The molecule has 0 N–H and O–H groups in total. The van der Waals surface area contributed by atoms with Gasteiger partial charge in [0.15, 0.2) is 0 Å². The molecule has 3 heteroatoms. The Labute approximate surface area is 90.8 Å².